The molecule has 0 aliphatic carbocycles. The van der Waals surface area contributed by atoms with Gasteiger partial charge in [0, 0.05) is 13.0 Å². The number of primary amides is 1. The largest absolute Gasteiger partial charge is 0.444 e. The fourth-order valence-corrected chi connectivity index (χ4v) is 2.87. The second-order valence-electron chi connectivity index (χ2n) is 7.72. The highest BCUT2D eigenvalue weighted by Crippen LogP contribution is 2.20. The van der Waals surface area contributed by atoms with Crippen LogP contribution in [-0.2, 0) is 19.1 Å². The van der Waals surface area contributed by atoms with E-state index in [0.29, 0.717) is 25.0 Å². The maximum Gasteiger partial charge on any atom is 0.408 e. The van der Waals surface area contributed by atoms with E-state index in [1.54, 1.807) is 40.7 Å². The molecule has 2 atom stereocenters. The van der Waals surface area contributed by atoms with E-state index in [2.05, 4.69) is 5.32 Å². The van der Waals surface area contributed by atoms with Crippen LogP contribution >= 0.6 is 0 Å². The Bertz CT molecular complexity index is 621. The number of carbonyl (C=O) groups is 4. The van der Waals surface area contributed by atoms with Crippen LogP contribution in [0.2, 0.25) is 0 Å². The molecule has 1 saturated heterocycles. The van der Waals surface area contributed by atoms with Crippen LogP contribution in [-0.4, -0.2) is 52.8 Å². The highest BCUT2D eigenvalue weighted by atomic mass is 16.6. The first-order valence-corrected chi connectivity index (χ1v) is 9.21. The lowest BCUT2D eigenvalue weighted by Crippen LogP contribution is -2.53. The molecule has 1 heterocycles. The van der Waals surface area contributed by atoms with E-state index in [4.69, 9.17) is 10.5 Å². The molecule has 0 bridgehead atoms. The van der Waals surface area contributed by atoms with Crippen LogP contribution in [0.15, 0.2) is 11.6 Å². The summed E-state index contributed by atoms with van der Waals surface area (Å²) in [6.45, 7) is 8.99. The third kappa shape index (κ3) is 7.03. The summed E-state index contributed by atoms with van der Waals surface area (Å²) in [7, 11) is 0. The topological polar surface area (TPSA) is 119 Å². The number of rotatable bonds is 7. The molecule has 27 heavy (non-hydrogen) atoms. The Labute approximate surface area is 160 Å². The molecule has 0 saturated carbocycles. The Morgan fingerprint density at radius 1 is 1.30 bits per heavy atom. The van der Waals surface area contributed by atoms with E-state index >= 15 is 0 Å². The summed E-state index contributed by atoms with van der Waals surface area (Å²) >= 11 is 0. The first-order chi connectivity index (χ1) is 12.5. The van der Waals surface area contributed by atoms with Crippen molar-refractivity contribution in [3.05, 3.63) is 11.6 Å². The highest BCUT2D eigenvalue weighted by molar-refractivity contribution is 5.96. The molecule has 152 valence electrons. The molecule has 1 aliphatic rings. The molecule has 0 unspecified atom stereocenters. The molecule has 3 amide bonds. The van der Waals surface area contributed by atoms with Gasteiger partial charge < -0.3 is 20.7 Å². The van der Waals surface area contributed by atoms with Crippen molar-refractivity contribution >= 4 is 23.7 Å². The SMILES string of the molecule is C/C=C(\C)C(=O)CC[C@H](NC(=O)OC(C)(C)C)C(=O)N1CCC[C@H]1C(N)=O. The van der Waals surface area contributed by atoms with Crippen LogP contribution in [0.3, 0.4) is 0 Å². The zero-order valence-corrected chi connectivity index (χ0v) is 16.8. The standard InChI is InChI=1S/C19H31N3O5/c1-6-12(2)15(23)10-9-13(21-18(26)27-19(3,4)5)17(25)22-11-7-8-14(22)16(20)24/h6,13-14H,7-11H2,1-5H3,(H2,20,24)(H,21,26)/b12-6+/t13-,14-/m0/s1. The number of ether oxygens (including phenoxy) is 1. The van der Waals surface area contributed by atoms with Gasteiger partial charge in [0.25, 0.3) is 0 Å². The lowest BCUT2D eigenvalue weighted by atomic mass is 10.0. The summed E-state index contributed by atoms with van der Waals surface area (Å²) in [4.78, 5) is 50.2. The maximum absolute atomic E-state index is 12.9. The molecule has 8 nitrogen and oxygen atoms in total. The average molecular weight is 381 g/mol. The number of nitrogens with one attached hydrogen (secondary N) is 1. The summed E-state index contributed by atoms with van der Waals surface area (Å²) in [5.41, 5.74) is 5.25. The highest BCUT2D eigenvalue weighted by Gasteiger charge is 2.37. The van der Waals surface area contributed by atoms with Crippen molar-refractivity contribution < 1.29 is 23.9 Å². The van der Waals surface area contributed by atoms with Gasteiger partial charge in [-0.1, -0.05) is 6.08 Å². The van der Waals surface area contributed by atoms with Crippen molar-refractivity contribution in [1.82, 2.24) is 10.2 Å². The summed E-state index contributed by atoms with van der Waals surface area (Å²) in [5, 5.41) is 2.55. The van der Waals surface area contributed by atoms with Crippen LogP contribution < -0.4 is 11.1 Å². The summed E-state index contributed by atoms with van der Waals surface area (Å²) < 4.78 is 5.22. The third-order valence-corrected chi connectivity index (χ3v) is 4.39. The molecule has 0 spiro atoms. The van der Waals surface area contributed by atoms with Gasteiger partial charge in [-0.25, -0.2) is 4.79 Å². The zero-order valence-electron chi connectivity index (χ0n) is 16.8. The van der Waals surface area contributed by atoms with Gasteiger partial charge in [-0.3, -0.25) is 14.4 Å². The Morgan fingerprint density at radius 3 is 2.44 bits per heavy atom. The van der Waals surface area contributed by atoms with Crippen LogP contribution in [0.5, 0.6) is 0 Å². The van der Waals surface area contributed by atoms with Crippen LogP contribution in [0.1, 0.15) is 60.3 Å². The number of nitrogens with zero attached hydrogens (tertiary/aromatic N) is 1. The zero-order chi connectivity index (χ0) is 20.8. The maximum atomic E-state index is 12.9. The number of nitrogens with two attached hydrogens (primary N) is 1. The van der Waals surface area contributed by atoms with E-state index in [1.165, 1.54) is 4.90 Å². The molecule has 1 aliphatic heterocycles. The van der Waals surface area contributed by atoms with E-state index in [1.807, 2.05) is 0 Å². The number of likely N-dealkylation sites (tertiary alicyclic amines) is 1. The van der Waals surface area contributed by atoms with Gasteiger partial charge in [-0.15, -0.1) is 0 Å². The Balaban J connectivity index is 2.91. The molecule has 0 aromatic heterocycles. The Morgan fingerprint density at radius 2 is 1.93 bits per heavy atom. The smallest absolute Gasteiger partial charge is 0.408 e. The lowest BCUT2D eigenvalue weighted by molar-refractivity contribution is -0.139. The van der Waals surface area contributed by atoms with Crippen molar-refractivity contribution in [2.45, 2.75) is 78.0 Å². The van der Waals surface area contributed by atoms with E-state index in [0.717, 1.165) is 0 Å². The molecule has 0 aromatic carbocycles. The molecule has 1 fully saturated rings. The molecule has 0 aromatic rings. The summed E-state index contributed by atoms with van der Waals surface area (Å²) in [5.74, 6) is -1.10. The molecule has 0 radical (unpaired) electrons. The van der Waals surface area contributed by atoms with Crippen LogP contribution in [0, 0.1) is 0 Å². The Kier molecular flexibility index (Phi) is 7.99. The lowest BCUT2D eigenvalue weighted by Gasteiger charge is -2.28. The van der Waals surface area contributed by atoms with Gasteiger partial charge in [-0.2, -0.15) is 0 Å². The van der Waals surface area contributed by atoms with Crippen molar-refractivity contribution in [3.63, 3.8) is 0 Å². The fourth-order valence-electron chi connectivity index (χ4n) is 2.87. The average Bonchev–Trinajstić information content (AvgIpc) is 3.05. The number of ketones is 1. The number of alkyl carbamates (subject to hydrolysis) is 1. The van der Waals surface area contributed by atoms with Gasteiger partial charge in [0.15, 0.2) is 5.78 Å². The first-order valence-electron chi connectivity index (χ1n) is 9.21. The van der Waals surface area contributed by atoms with Crippen molar-refractivity contribution in [2.75, 3.05) is 6.54 Å². The first kappa shape index (κ1) is 22.7. The summed E-state index contributed by atoms with van der Waals surface area (Å²) in [6.07, 6.45) is 2.32. The second kappa shape index (κ2) is 9.53. The van der Waals surface area contributed by atoms with Crippen LogP contribution in [0.4, 0.5) is 4.79 Å². The molecular weight excluding hydrogens is 350 g/mol. The van der Waals surface area contributed by atoms with Crippen molar-refractivity contribution in [3.8, 4) is 0 Å². The van der Waals surface area contributed by atoms with E-state index in [9.17, 15) is 19.2 Å². The second-order valence-corrected chi connectivity index (χ2v) is 7.72. The number of amides is 3. The van der Waals surface area contributed by atoms with Gasteiger partial charge in [0.2, 0.25) is 11.8 Å². The van der Waals surface area contributed by atoms with Gasteiger partial charge >= 0.3 is 6.09 Å². The molecule has 3 N–H and O–H groups in total. The van der Waals surface area contributed by atoms with Gasteiger partial charge in [0.1, 0.15) is 17.7 Å². The van der Waals surface area contributed by atoms with Gasteiger partial charge in [-0.05, 0) is 59.5 Å². The minimum Gasteiger partial charge on any atom is -0.444 e. The monoisotopic (exact) mass is 381 g/mol. The molecular formula is C19H31N3O5. The van der Waals surface area contributed by atoms with E-state index in [-0.39, 0.29) is 18.6 Å². The minimum absolute atomic E-state index is 0.0947. The minimum atomic E-state index is -0.964. The number of hydrogen-bond donors (Lipinski definition) is 2. The predicted octanol–water partition coefficient (Wildman–Crippen LogP) is 1.67. The van der Waals surface area contributed by atoms with Crippen molar-refractivity contribution in [1.29, 1.82) is 0 Å². The molecule has 8 heteroatoms. The van der Waals surface area contributed by atoms with Crippen molar-refractivity contribution in [2.24, 2.45) is 5.73 Å². The quantitative estimate of drug-likeness (QED) is 0.650. The molecule has 1 rings (SSSR count). The van der Waals surface area contributed by atoms with Crippen LogP contribution in [0.25, 0.3) is 0 Å². The Hall–Kier alpha value is -2.38. The van der Waals surface area contributed by atoms with E-state index < -0.39 is 35.6 Å². The predicted molar refractivity (Wildman–Crippen MR) is 101 cm³/mol. The summed E-state index contributed by atoms with van der Waals surface area (Å²) in [6, 6.07) is -1.65. The third-order valence-electron chi connectivity index (χ3n) is 4.39. The number of Topliss-reactive ketones (excluding diaryl/α,β-unsaturated/α-hetero) is 1. The van der Waals surface area contributed by atoms with Gasteiger partial charge in [0.05, 0.1) is 0 Å². The number of carbonyl (C=O) groups excluding carboxylic acids is 4. The number of allylic oxidation sites excluding steroid dienone is 2. The normalized spacial score (nSPS) is 18.8. The fraction of sp³-hybridized carbons (Fsp3) is 0.684. The number of hydrogen-bond acceptors (Lipinski definition) is 5.